The standard InChI is InChI=1S/C70H112N14O21Si4/c1-22-97-54(92)34-42-45(100-62(84-30-26-50(88)79-66(84)96)58(42)105-109(20,21)70(11,12)13)37-74-52(90)32-40-43(98-60(82-28-24-48(86)77-64(82)94)56(40)103-107(16,17)68(5,6)7)35-72-51(89)31-39-44(99-59(81-27-23-47(85)76-63(81)93)55(39)102-106(14,15)67(2,3)4)36-73-53(91)33-41-46(38-75-80-71)101-61(83-29-25-49(87)78-65(83)95)57(41)104-108(18,19)69(8,9)10/h23-30,39-46,55-62H,22,31-38H2,1-21H3,(H,72,89)(H,73,91)(H,74,90)(H,76,85,93)(H,77,86,94)(H,78,87,95)(H,79,88,96)/t39-,40-,41-,42-,43-,44-,45-,46-,55-,56-,57-,58-,59-,60-,61-,62-/m1/s1. The van der Waals surface area contributed by atoms with Crippen LogP contribution in [0.25, 0.3) is 10.4 Å². The van der Waals surface area contributed by atoms with E-state index in [-0.39, 0.29) is 57.1 Å². The normalized spacial score (nSPS) is 26.4. The maximum atomic E-state index is 15.3. The summed E-state index contributed by atoms with van der Waals surface area (Å²) in [6.45, 7) is 40.4. The van der Waals surface area contributed by atoms with E-state index in [1.807, 2.05) is 135 Å². The zero-order chi connectivity index (χ0) is 81.2. The second-order valence-electron chi connectivity index (χ2n) is 34.8. The van der Waals surface area contributed by atoms with Crippen LogP contribution in [-0.4, -0.2) is 177 Å². The number of ether oxygens (including phenoxy) is 5. The van der Waals surface area contributed by atoms with Crippen LogP contribution >= 0.6 is 0 Å². The number of carbonyl (C=O) groups is 4. The average molecular weight is 1600 g/mol. The van der Waals surface area contributed by atoms with E-state index >= 15 is 9.59 Å². The summed E-state index contributed by atoms with van der Waals surface area (Å²) in [6.07, 6.45) is -9.95. The van der Waals surface area contributed by atoms with Gasteiger partial charge in [0, 0.05) is 117 Å². The molecule has 604 valence electrons. The van der Waals surface area contributed by atoms with Crippen molar-refractivity contribution in [3.63, 3.8) is 0 Å². The molecular weight excluding hydrogens is 1490 g/mol. The Morgan fingerprint density at radius 3 is 0.899 bits per heavy atom. The molecule has 3 amide bonds. The number of amides is 3. The van der Waals surface area contributed by atoms with Gasteiger partial charge in [-0.15, -0.1) is 0 Å². The molecule has 0 bridgehead atoms. The van der Waals surface area contributed by atoms with Crippen LogP contribution in [0.1, 0.15) is 141 Å². The molecule has 4 aromatic rings. The minimum absolute atomic E-state index is 0.0516. The molecule has 109 heavy (non-hydrogen) atoms. The third-order valence-electron chi connectivity index (χ3n) is 23.2. The Hall–Kier alpha value is -7.54. The quantitative estimate of drug-likeness (QED) is 0.0115. The van der Waals surface area contributed by atoms with Crippen molar-refractivity contribution in [1.29, 1.82) is 0 Å². The molecule has 0 aromatic carbocycles. The zero-order valence-corrected chi connectivity index (χ0v) is 70.4. The highest BCUT2D eigenvalue weighted by molar-refractivity contribution is 6.75. The van der Waals surface area contributed by atoms with Gasteiger partial charge < -0.3 is 57.3 Å². The van der Waals surface area contributed by atoms with Gasteiger partial charge in [-0.25, -0.2) is 19.2 Å². The van der Waals surface area contributed by atoms with Crippen LogP contribution in [0.4, 0.5) is 0 Å². The van der Waals surface area contributed by atoms with Gasteiger partial charge >= 0.3 is 28.7 Å². The molecule has 4 aliphatic heterocycles. The molecule has 16 atom stereocenters. The third kappa shape index (κ3) is 20.4. The Morgan fingerprint density at radius 1 is 0.431 bits per heavy atom. The highest BCUT2D eigenvalue weighted by Crippen LogP contribution is 2.50. The van der Waals surface area contributed by atoms with Crippen molar-refractivity contribution in [2.24, 2.45) is 28.8 Å². The van der Waals surface area contributed by atoms with Crippen molar-refractivity contribution < 1.29 is 60.6 Å². The van der Waals surface area contributed by atoms with Crippen LogP contribution in [0, 0.1) is 23.7 Å². The minimum Gasteiger partial charge on any atom is -0.466 e. The number of esters is 1. The maximum Gasteiger partial charge on any atom is 0.330 e. The number of nitrogens with one attached hydrogen (secondary N) is 7. The highest BCUT2D eigenvalue weighted by atomic mass is 28.4. The number of carbonyl (C=O) groups excluding carboxylic acids is 4. The predicted octanol–water partition coefficient (Wildman–Crippen LogP) is 5.59. The highest BCUT2D eigenvalue weighted by Gasteiger charge is 2.57. The molecule has 0 spiro atoms. The van der Waals surface area contributed by atoms with Crippen LogP contribution in [-0.2, 0) is 60.6 Å². The molecule has 8 heterocycles. The van der Waals surface area contributed by atoms with E-state index in [1.165, 1.54) is 29.4 Å². The van der Waals surface area contributed by atoms with Gasteiger partial charge in [-0.05, 0) is 85.0 Å². The summed E-state index contributed by atoms with van der Waals surface area (Å²) < 4.78 is 65.4. The topological polar surface area (TPSA) is 456 Å². The minimum atomic E-state index is -2.96. The van der Waals surface area contributed by atoms with E-state index in [2.05, 4.69) is 45.9 Å². The second-order valence-corrected chi connectivity index (χ2v) is 53.8. The Labute approximate surface area is 635 Å². The first-order valence-corrected chi connectivity index (χ1v) is 48.6. The van der Waals surface area contributed by atoms with Crippen molar-refractivity contribution >= 4 is 57.0 Å². The van der Waals surface area contributed by atoms with E-state index in [9.17, 15) is 53.5 Å². The van der Waals surface area contributed by atoms with Gasteiger partial charge in [0.05, 0.1) is 68.4 Å². The molecular formula is C70H112N14O21Si4. The van der Waals surface area contributed by atoms with Crippen LogP contribution in [0.15, 0.2) is 92.5 Å². The number of hydrogen-bond donors (Lipinski definition) is 7. The molecule has 0 radical (unpaired) electrons. The van der Waals surface area contributed by atoms with Gasteiger partial charge in [0.2, 0.25) is 17.7 Å². The van der Waals surface area contributed by atoms with Gasteiger partial charge in [-0.3, -0.25) is 76.6 Å². The summed E-state index contributed by atoms with van der Waals surface area (Å²) in [4.78, 5) is 176. The average Bonchev–Trinajstić information content (AvgIpc) is 1.65. The summed E-state index contributed by atoms with van der Waals surface area (Å²) in [6, 6.07) is 4.58. The number of nitrogens with zero attached hydrogens (tertiary/aromatic N) is 7. The zero-order valence-electron chi connectivity index (χ0n) is 66.4. The SMILES string of the molecule is CCOC(=O)C[C@H]1[C@@H](O[Si](C)(C)C(C)(C)C)[C@H](n2ccc(=O)[nH]c2=O)O[C@@H]1CNC(=O)C[C@H]1[C@@H](O[Si](C)(C)C(C)(C)C)[C@H](n2ccc(=O)[nH]c2=O)O[C@@H]1CNC(=O)C[C@H]1[C@@H](O[Si](C)(C)C(C)(C)C)[C@H](n2ccc(=O)[nH]c2=O)O[C@@H]1CNC(=O)C[C@H]1[C@@H](O[Si](C)(C)C(C)(C)C)[C@H](n2ccc(=O)[nH]c2=O)O[C@@H]1CN=[N+]=[N-]. The van der Waals surface area contributed by atoms with E-state index in [4.69, 9.17) is 41.4 Å². The van der Waals surface area contributed by atoms with Crippen LogP contribution in [0.2, 0.25) is 72.5 Å². The molecule has 0 unspecified atom stereocenters. The number of aromatic amines is 4. The fourth-order valence-corrected chi connectivity index (χ4v) is 18.3. The first-order valence-electron chi connectivity index (χ1n) is 36.9. The van der Waals surface area contributed by atoms with Crippen molar-refractivity contribution in [2.45, 2.75) is 262 Å². The van der Waals surface area contributed by atoms with Crippen LogP contribution < -0.4 is 60.9 Å². The summed E-state index contributed by atoms with van der Waals surface area (Å²) in [5, 5.41) is 11.1. The number of hydrogen-bond acceptors (Lipinski definition) is 22. The van der Waals surface area contributed by atoms with Gasteiger partial charge in [0.1, 0.15) is 0 Å². The van der Waals surface area contributed by atoms with Crippen molar-refractivity contribution in [3.8, 4) is 0 Å². The Kier molecular flexibility index (Phi) is 27.0. The maximum absolute atomic E-state index is 15.3. The fourth-order valence-electron chi connectivity index (χ4n) is 13.0. The fraction of sp³-hybridized carbons (Fsp3) is 0.714. The number of aromatic nitrogens is 8. The van der Waals surface area contributed by atoms with E-state index < -0.39 is 221 Å². The van der Waals surface area contributed by atoms with Crippen LogP contribution in [0.3, 0.4) is 0 Å². The molecule has 0 aliphatic carbocycles. The Balaban J connectivity index is 1.15. The number of azide groups is 1. The molecule has 4 aliphatic rings. The molecule has 8 rings (SSSR count). The Bertz CT molecular complexity index is 4490. The van der Waals surface area contributed by atoms with Gasteiger partial charge in [-0.1, -0.05) is 88.2 Å². The van der Waals surface area contributed by atoms with Gasteiger partial charge in [0.15, 0.2) is 58.2 Å². The summed E-state index contributed by atoms with van der Waals surface area (Å²) >= 11 is 0. The smallest absolute Gasteiger partial charge is 0.330 e. The van der Waals surface area contributed by atoms with Crippen molar-refractivity contribution in [3.05, 3.63) is 143 Å². The van der Waals surface area contributed by atoms with E-state index in [0.29, 0.717) is 0 Å². The molecule has 39 heteroatoms. The monoisotopic (exact) mass is 1600 g/mol. The van der Waals surface area contributed by atoms with Gasteiger partial charge in [0.25, 0.3) is 22.2 Å². The molecule has 4 saturated heterocycles. The lowest BCUT2D eigenvalue weighted by Gasteiger charge is -2.41. The lowest BCUT2D eigenvalue weighted by atomic mass is 9.91. The Morgan fingerprint density at radius 2 is 0.670 bits per heavy atom. The number of rotatable bonds is 29. The first kappa shape index (κ1) is 87.0. The molecule has 0 saturated carbocycles. The lowest BCUT2D eigenvalue weighted by molar-refractivity contribution is -0.145. The van der Waals surface area contributed by atoms with Crippen molar-refractivity contribution in [2.75, 3.05) is 32.8 Å². The third-order valence-corrected chi connectivity index (χ3v) is 41.1. The van der Waals surface area contributed by atoms with Gasteiger partial charge in [-0.2, -0.15) is 0 Å². The summed E-state index contributed by atoms with van der Waals surface area (Å²) in [7, 11) is -11.5. The summed E-state index contributed by atoms with van der Waals surface area (Å²) in [5.74, 6) is -6.13. The molecule has 35 nitrogen and oxygen atoms in total. The summed E-state index contributed by atoms with van der Waals surface area (Å²) in [5.41, 5.74) is 3.52. The second kappa shape index (κ2) is 33.8. The molecule has 4 fully saturated rings. The van der Waals surface area contributed by atoms with E-state index in [1.54, 1.807) is 6.92 Å². The van der Waals surface area contributed by atoms with Crippen LogP contribution in [0.5, 0.6) is 0 Å². The molecule has 4 aromatic heterocycles. The lowest BCUT2D eigenvalue weighted by Crippen LogP contribution is -2.50. The predicted molar refractivity (Wildman–Crippen MR) is 411 cm³/mol. The largest absolute Gasteiger partial charge is 0.466 e. The van der Waals surface area contributed by atoms with Crippen molar-refractivity contribution in [1.82, 2.24) is 54.2 Å². The van der Waals surface area contributed by atoms with E-state index in [0.717, 1.165) is 38.0 Å². The first-order chi connectivity index (χ1) is 50.4. The molecule has 7 N–H and O–H groups in total. The number of H-pyrrole nitrogens is 4.